The number of hydrogen-bond donors (Lipinski definition) is 1. The van der Waals surface area contributed by atoms with E-state index in [1.165, 1.54) is 6.21 Å². The van der Waals surface area contributed by atoms with Crippen LogP contribution in [0.4, 0.5) is 0 Å². The molecule has 0 heterocycles. The van der Waals surface area contributed by atoms with Crippen LogP contribution in [-0.2, 0) is 16.2 Å². The second kappa shape index (κ2) is 9.14. The van der Waals surface area contributed by atoms with Gasteiger partial charge in [-0.3, -0.25) is 4.79 Å². The SMILES string of the molecule is CCCCCC(C=NOCc1ccccc1)C(=O)O. The molecule has 0 spiro atoms. The van der Waals surface area contributed by atoms with E-state index in [-0.39, 0.29) is 0 Å². The summed E-state index contributed by atoms with van der Waals surface area (Å²) in [6, 6.07) is 9.65. The van der Waals surface area contributed by atoms with Gasteiger partial charge in [-0.15, -0.1) is 0 Å². The van der Waals surface area contributed by atoms with Crippen LogP contribution in [0.2, 0.25) is 0 Å². The van der Waals surface area contributed by atoms with Gasteiger partial charge in [0.1, 0.15) is 6.61 Å². The minimum Gasteiger partial charge on any atom is -0.481 e. The second-order valence-electron chi connectivity index (χ2n) is 4.45. The van der Waals surface area contributed by atoms with Gasteiger partial charge in [0.25, 0.3) is 0 Å². The zero-order chi connectivity index (χ0) is 13.9. The Labute approximate surface area is 114 Å². The number of nitrogens with zero attached hydrogens (tertiary/aromatic N) is 1. The van der Waals surface area contributed by atoms with Crippen molar-refractivity contribution in [3.8, 4) is 0 Å². The van der Waals surface area contributed by atoms with Crippen LogP contribution < -0.4 is 0 Å². The molecule has 1 atom stereocenters. The van der Waals surface area contributed by atoms with Crippen molar-refractivity contribution in [3.63, 3.8) is 0 Å². The van der Waals surface area contributed by atoms with Gasteiger partial charge in [-0.1, -0.05) is 61.7 Å². The van der Waals surface area contributed by atoms with Crippen molar-refractivity contribution >= 4 is 12.2 Å². The van der Waals surface area contributed by atoms with E-state index in [9.17, 15) is 4.79 Å². The first-order valence-corrected chi connectivity index (χ1v) is 6.66. The van der Waals surface area contributed by atoms with Crippen LogP contribution in [0.1, 0.15) is 38.2 Å². The number of benzene rings is 1. The van der Waals surface area contributed by atoms with E-state index in [1.807, 2.05) is 30.3 Å². The van der Waals surface area contributed by atoms with Gasteiger partial charge in [-0.2, -0.15) is 0 Å². The molecule has 0 fully saturated rings. The number of aliphatic carboxylic acids is 1. The van der Waals surface area contributed by atoms with Crippen LogP contribution >= 0.6 is 0 Å². The Morgan fingerprint density at radius 3 is 2.74 bits per heavy atom. The molecule has 1 N–H and O–H groups in total. The summed E-state index contributed by atoms with van der Waals surface area (Å²) in [6.45, 7) is 2.45. The zero-order valence-electron chi connectivity index (χ0n) is 11.3. The average molecular weight is 263 g/mol. The van der Waals surface area contributed by atoms with Crippen molar-refractivity contribution in [1.82, 2.24) is 0 Å². The summed E-state index contributed by atoms with van der Waals surface area (Å²) in [6.07, 6.45) is 5.02. The molecule has 0 aliphatic heterocycles. The average Bonchev–Trinajstić information content (AvgIpc) is 2.42. The Morgan fingerprint density at radius 1 is 1.37 bits per heavy atom. The van der Waals surface area contributed by atoms with Crippen molar-refractivity contribution in [2.75, 3.05) is 0 Å². The van der Waals surface area contributed by atoms with Crippen molar-refractivity contribution in [1.29, 1.82) is 0 Å². The number of carboxylic acid groups (broad SMARTS) is 1. The Hall–Kier alpha value is -1.84. The summed E-state index contributed by atoms with van der Waals surface area (Å²) in [5.74, 6) is -1.40. The predicted octanol–water partition coefficient (Wildman–Crippen LogP) is 3.47. The van der Waals surface area contributed by atoms with Crippen molar-refractivity contribution in [3.05, 3.63) is 35.9 Å². The third kappa shape index (κ3) is 6.60. The summed E-state index contributed by atoms with van der Waals surface area (Å²) in [7, 11) is 0. The smallest absolute Gasteiger partial charge is 0.312 e. The highest BCUT2D eigenvalue weighted by molar-refractivity contribution is 5.88. The molecular formula is C15H21NO3. The minimum atomic E-state index is -0.844. The first kappa shape index (κ1) is 15.2. The van der Waals surface area contributed by atoms with Crippen LogP contribution in [0.15, 0.2) is 35.5 Å². The van der Waals surface area contributed by atoms with Gasteiger partial charge in [0.05, 0.1) is 12.1 Å². The Kier molecular flexibility index (Phi) is 7.32. The Morgan fingerprint density at radius 2 is 2.11 bits per heavy atom. The molecule has 4 heteroatoms. The van der Waals surface area contributed by atoms with E-state index in [0.717, 1.165) is 24.8 Å². The second-order valence-corrected chi connectivity index (χ2v) is 4.45. The molecule has 0 aromatic heterocycles. The van der Waals surface area contributed by atoms with Gasteiger partial charge in [-0.05, 0) is 12.0 Å². The minimum absolute atomic E-state index is 0.360. The lowest BCUT2D eigenvalue weighted by Crippen LogP contribution is -2.15. The van der Waals surface area contributed by atoms with Crippen LogP contribution in [0, 0.1) is 5.92 Å². The quantitative estimate of drug-likeness (QED) is 0.421. The largest absolute Gasteiger partial charge is 0.481 e. The summed E-state index contributed by atoms with van der Waals surface area (Å²) < 4.78 is 0. The van der Waals surface area contributed by atoms with Gasteiger partial charge in [0.15, 0.2) is 0 Å². The summed E-state index contributed by atoms with van der Waals surface area (Å²) in [5.41, 5.74) is 1.01. The highest BCUT2D eigenvalue weighted by atomic mass is 16.6. The van der Waals surface area contributed by atoms with E-state index in [4.69, 9.17) is 9.94 Å². The molecule has 19 heavy (non-hydrogen) atoms. The molecule has 0 aliphatic rings. The number of unbranched alkanes of at least 4 members (excludes halogenated alkanes) is 2. The zero-order valence-corrected chi connectivity index (χ0v) is 11.3. The molecule has 0 saturated carbocycles. The van der Waals surface area contributed by atoms with E-state index < -0.39 is 11.9 Å². The number of carboxylic acids is 1. The summed E-state index contributed by atoms with van der Waals surface area (Å²) in [5, 5.41) is 12.8. The lowest BCUT2D eigenvalue weighted by atomic mass is 10.0. The van der Waals surface area contributed by atoms with Crippen LogP contribution in [-0.4, -0.2) is 17.3 Å². The summed E-state index contributed by atoms with van der Waals surface area (Å²) in [4.78, 5) is 16.1. The van der Waals surface area contributed by atoms with Crippen LogP contribution in [0.25, 0.3) is 0 Å². The molecule has 1 aromatic rings. The highest BCUT2D eigenvalue weighted by Gasteiger charge is 2.14. The van der Waals surface area contributed by atoms with Crippen LogP contribution in [0.3, 0.4) is 0 Å². The summed E-state index contributed by atoms with van der Waals surface area (Å²) >= 11 is 0. The molecule has 0 aliphatic carbocycles. The number of rotatable bonds is 9. The fourth-order valence-corrected chi connectivity index (χ4v) is 1.68. The molecule has 104 valence electrons. The molecule has 1 aromatic carbocycles. The van der Waals surface area contributed by atoms with Gasteiger partial charge in [0.2, 0.25) is 0 Å². The monoisotopic (exact) mass is 263 g/mol. The molecular weight excluding hydrogens is 242 g/mol. The van der Waals surface area contributed by atoms with Gasteiger partial charge in [0, 0.05) is 0 Å². The predicted molar refractivity (Wildman–Crippen MR) is 75.0 cm³/mol. The molecule has 1 rings (SSSR count). The van der Waals surface area contributed by atoms with Crippen LogP contribution in [0.5, 0.6) is 0 Å². The maximum Gasteiger partial charge on any atom is 0.312 e. The topological polar surface area (TPSA) is 58.9 Å². The number of hydrogen-bond acceptors (Lipinski definition) is 3. The van der Waals surface area contributed by atoms with E-state index in [2.05, 4.69) is 12.1 Å². The molecule has 4 nitrogen and oxygen atoms in total. The molecule has 0 saturated heterocycles. The third-order valence-electron chi connectivity index (χ3n) is 2.83. The standard InChI is InChI=1S/C15H21NO3/c1-2-3-5-10-14(15(17)18)11-16-19-12-13-8-6-4-7-9-13/h4,6-9,11,14H,2-3,5,10,12H2,1H3,(H,17,18). The fourth-order valence-electron chi connectivity index (χ4n) is 1.68. The maximum atomic E-state index is 11.0. The van der Waals surface area contributed by atoms with Crippen molar-refractivity contribution < 1.29 is 14.7 Å². The first-order chi connectivity index (χ1) is 9.24. The van der Waals surface area contributed by atoms with Gasteiger partial charge in [-0.25, -0.2) is 0 Å². The highest BCUT2D eigenvalue weighted by Crippen LogP contribution is 2.09. The Balaban J connectivity index is 2.33. The Bertz CT molecular complexity index is 390. The third-order valence-corrected chi connectivity index (χ3v) is 2.83. The number of oxime groups is 1. The normalized spacial score (nSPS) is 12.5. The molecule has 1 unspecified atom stereocenters. The van der Waals surface area contributed by atoms with Gasteiger partial charge >= 0.3 is 5.97 Å². The van der Waals surface area contributed by atoms with Crippen molar-refractivity contribution in [2.45, 2.75) is 39.2 Å². The fraction of sp³-hybridized carbons (Fsp3) is 0.467. The lowest BCUT2D eigenvalue weighted by Gasteiger charge is -2.06. The van der Waals surface area contributed by atoms with Crippen molar-refractivity contribution in [2.24, 2.45) is 11.1 Å². The molecule has 0 bridgehead atoms. The lowest BCUT2D eigenvalue weighted by molar-refractivity contribution is -0.139. The molecule has 0 amide bonds. The molecule has 0 radical (unpaired) electrons. The maximum absolute atomic E-state index is 11.0. The van der Waals surface area contributed by atoms with E-state index in [0.29, 0.717) is 13.0 Å². The first-order valence-electron chi connectivity index (χ1n) is 6.66. The van der Waals surface area contributed by atoms with E-state index in [1.54, 1.807) is 0 Å². The number of carbonyl (C=O) groups is 1. The van der Waals surface area contributed by atoms with Gasteiger partial charge < -0.3 is 9.94 Å². The van der Waals surface area contributed by atoms with E-state index >= 15 is 0 Å².